The lowest BCUT2D eigenvalue weighted by molar-refractivity contribution is 0.667. The summed E-state index contributed by atoms with van der Waals surface area (Å²) in [6.45, 7) is 0. The lowest BCUT2D eigenvalue weighted by Crippen LogP contribution is -1.94. The minimum atomic E-state index is 0.793. The minimum absolute atomic E-state index is 0.793. The molecule has 6 aromatic carbocycles. The van der Waals surface area contributed by atoms with E-state index in [0.717, 1.165) is 77.6 Å². The van der Waals surface area contributed by atoms with Gasteiger partial charge in [-0.3, -0.25) is 9.97 Å². The Balaban J connectivity index is 1.14. The van der Waals surface area contributed by atoms with Gasteiger partial charge in [0.15, 0.2) is 11.2 Å². The van der Waals surface area contributed by atoms with Gasteiger partial charge in [-0.1, -0.05) is 60.7 Å². The van der Waals surface area contributed by atoms with Crippen LogP contribution in [0.25, 0.3) is 110 Å². The molecule has 0 radical (unpaired) electrons. The van der Waals surface area contributed by atoms with Crippen molar-refractivity contribution in [1.29, 1.82) is 0 Å². The van der Waals surface area contributed by atoms with Crippen LogP contribution >= 0.6 is 0 Å². The molecule has 0 spiro atoms. The average molecular weight is 667 g/mol. The minimum Gasteiger partial charge on any atom is -0.454 e. The van der Waals surface area contributed by atoms with Crippen molar-refractivity contribution in [1.82, 2.24) is 19.1 Å². The van der Waals surface area contributed by atoms with E-state index in [0.29, 0.717) is 0 Å². The molecular weight excluding hydrogens is 641 g/mol. The third kappa shape index (κ3) is 3.67. The van der Waals surface area contributed by atoms with Crippen molar-refractivity contribution in [2.45, 2.75) is 0 Å². The number of hydrogen-bond donors (Lipinski definition) is 0. The molecule has 0 saturated heterocycles. The first-order valence-electron chi connectivity index (χ1n) is 17.4. The van der Waals surface area contributed by atoms with Gasteiger partial charge in [0.05, 0.1) is 22.1 Å². The summed E-state index contributed by atoms with van der Waals surface area (Å²) < 4.78 is 17.0. The quantitative estimate of drug-likeness (QED) is 0.188. The van der Waals surface area contributed by atoms with E-state index >= 15 is 0 Å². The molecule has 0 bridgehead atoms. The largest absolute Gasteiger partial charge is 0.454 e. The third-order valence-electron chi connectivity index (χ3n) is 10.6. The molecule has 0 aliphatic carbocycles. The molecule has 0 unspecified atom stereocenters. The van der Waals surface area contributed by atoms with Gasteiger partial charge in [-0.15, -0.1) is 0 Å². The number of nitrogens with zero attached hydrogens (tertiary/aromatic N) is 4. The Morgan fingerprint density at radius 2 is 0.827 bits per heavy atom. The summed E-state index contributed by atoms with van der Waals surface area (Å²) in [5.41, 5.74) is 14.1. The maximum Gasteiger partial charge on any atom is 0.153 e. The van der Waals surface area contributed by atoms with Crippen LogP contribution in [0.15, 0.2) is 167 Å². The standard InChI is InChI=1S/C46H26N4O2/c1-3-13-35-31(9-1)43-29(11-5-15-37(43)49(35)27-19-21-39-33(25-27)45-41(51-39)17-7-23-47-45)30-12-6-16-38-44(30)32-10-2-4-14-36(32)50(38)28-20-22-40-34(26-28)46-42(52-40)18-8-24-48-46/h1-26H. The second-order valence-electron chi connectivity index (χ2n) is 13.4. The topological polar surface area (TPSA) is 61.9 Å². The number of benzene rings is 6. The van der Waals surface area contributed by atoms with Crippen LogP contribution in [0.1, 0.15) is 0 Å². The molecule has 0 saturated carbocycles. The summed E-state index contributed by atoms with van der Waals surface area (Å²) in [6, 6.07) is 51.4. The van der Waals surface area contributed by atoms with Crippen LogP contribution in [0.2, 0.25) is 0 Å². The second kappa shape index (κ2) is 10.2. The van der Waals surface area contributed by atoms with Gasteiger partial charge >= 0.3 is 0 Å². The zero-order valence-electron chi connectivity index (χ0n) is 27.6. The van der Waals surface area contributed by atoms with E-state index in [2.05, 4.69) is 140 Å². The molecule has 0 atom stereocenters. The number of hydrogen-bond acceptors (Lipinski definition) is 4. The van der Waals surface area contributed by atoms with E-state index in [-0.39, 0.29) is 0 Å². The van der Waals surface area contributed by atoms with E-state index in [1.165, 1.54) is 32.7 Å². The number of fused-ring (bicyclic) bond motifs is 12. The van der Waals surface area contributed by atoms with Crippen LogP contribution < -0.4 is 0 Å². The summed E-state index contributed by atoms with van der Waals surface area (Å²) in [7, 11) is 0. The highest BCUT2D eigenvalue weighted by atomic mass is 16.3. The molecule has 52 heavy (non-hydrogen) atoms. The monoisotopic (exact) mass is 666 g/mol. The highest BCUT2D eigenvalue weighted by Crippen LogP contribution is 2.44. The zero-order valence-corrected chi connectivity index (χ0v) is 27.6. The first-order chi connectivity index (χ1) is 25.8. The number of pyridine rings is 2. The molecule has 6 heteroatoms. The SMILES string of the molecule is c1cnc2c(c1)oc1ccc(-n3c4ccccc4c4c(-c5cccc6c5c5ccccc5n6-c5ccc6oc7cccnc7c6c5)cccc43)cc12. The first kappa shape index (κ1) is 27.6. The van der Waals surface area contributed by atoms with Gasteiger partial charge < -0.3 is 18.0 Å². The fraction of sp³-hybridized carbons (Fsp3) is 0. The molecule has 6 nitrogen and oxygen atoms in total. The molecule has 0 aliphatic rings. The van der Waals surface area contributed by atoms with Gasteiger partial charge in [-0.2, -0.15) is 0 Å². The van der Waals surface area contributed by atoms with Crippen molar-refractivity contribution in [3.63, 3.8) is 0 Å². The number of furan rings is 2. The average Bonchev–Trinajstić information content (AvgIpc) is 3.95. The fourth-order valence-electron chi connectivity index (χ4n) is 8.49. The van der Waals surface area contributed by atoms with Crippen molar-refractivity contribution in [3.8, 4) is 22.5 Å². The summed E-state index contributed by atoms with van der Waals surface area (Å²) >= 11 is 0. The fourth-order valence-corrected chi connectivity index (χ4v) is 8.49. The van der Waals surface area contributed by atoms with E-state index in [1.807, 2.05) is 36.7 Å². The highest BCUT2D eigenvalue weighted by molar-refractivity contribution is 6.22. The smallest absolute Gasteiger partial charge is 0.153 e. The van der Waals surface area contributed by atoms with Gasteiger partial charge in [0.1, 0.15) is 22.2 Å². The Morgan fingerprint density at radius 3 is 1.33 bits per heavy atom. The summed E-state index contributed by atoms with van der Waals surface area (Å²) in [5.74, 6) is 0. The molecule has 6 aromatic heterocycles. The number of rotatable bonds is 3. The van der Waals surface area contributed by atoms with Gasteiger partial charge in [0.25, 0.3) is 0 Å². The van der Waals surface area contributed by atoms with Gasteiger partial charge in [0, 0.05) is 56.1 Å². The van der Waals surface area contributed by atoms with E-state index < -0.39 is 0 Å². The highest BCUT2D eigenvalue weighted by Gasteiger charge is 2.21. The molecule has 0 fully saturated rings. The lowest BCUT2D eigenvalue weighted by atomic mass is 9.95. The van der Waals surface area contributed by atoms with E-state index in [9.17, 15) is 0 Å². The van der Waals surface area contributed by atoms with Crippen LogP contribution in [0.4, 0.5) is 0 Å². The van der Waals surface area contributed by atoms with Gasteiger partial charge in [-0.05, 0) is 96.1 Å². The Hall–Kier alpha value is -7.18. The van der Waals surface area contributed by atoms with Crippen molar-refractivity contribution in [2.24, 2.45) is 0 Å². The zero-order chi connectivity index (χ0) is 33.9. The van der Waals surface area contributed by atoms with Gasteiger partial charge in [-0.25, -0.2) is 0 Å². The lowest BCUT2D eigenvalue weighted by Gasteiger charge is -2.11. The molecule has 242 valence electrons. The molecule has 0 amide bonds. The molecule has 12 aromatic rings. The Morgan fingerprint density at radius 1 is 0.365 bits per heavy atom. The Kier molecular flexibility index (Phi) is 5.41. The predicted octanol–water partition coefficient (Wildman–Crippen LogP) is 12.1. The van der Waals surface area contributed by atoms with Crippen LogP contribution in [-0.4, -0.2) is 19.1 Å². The van der Waals surface area contributed by atoms with Crippen LogP contribution in [0.5, 0.6) is 0 Å². The maximum atomic E-state index is 6.14. The predicted molar refractivity (Wildman–Crippen MR) is 211 cm³/mol. The maximum absolute atomic E-state index is 6.14. The second-order valence-corrected chi connectivity index (χ2v) is 13.4. The van der Waals surface area contributed by atoms with E-state index in [4.69, 9.17) is 8.83 Å². The Labute approximate surface area is 295 Å². The van der Waals surface area contributed by atoms with Crippen molar-refractivity contribution >= 4 is 87.7 Å². The first-order valence-corrected chi connectivity index (χ1v) is 17.4. The molecule has 12 rings (SSSR count). The van der Waals surface area contributed by atoms with Crippen LogP contribution in [0, 0.1) is 0 Å². The van der Waals surface area contributed by atoms with Crippen molar-refractivity contribution < 1.29 is 8.83 Å². The normalized spacial score (nSPS) is 12.2. The number of para-hydroxylation sites is 2. The van der Waals surface area contributed by atoms with Crippen molar-refractivity contribution in [2.75, 3.05) is 0 Å². The van der Waals surface area contributed by atoms with Crippen molar-refractivity contribution in [3.05, 3.63) is 158 Å². The summed E-state index contributed by atoms with van der Waals surface area (Å²) in [6.07, 6.45) is 3.65. The molecule has 0 aliphatic heterocycles. The van der Waals surface area contributed by atoms with Gasteiger partial charge in [0.2, 0.25) is 0 Å². The van der Waals surface area contributed by atoms with Crippen LogP contribution in [-0.2, 0) is 0 Å². The number of aromatic nitrogens is 4. The molecule has 0 N–H and O–H groups in total. The third-order valence-corrected chi connectivity index (χ3v) is 10.6. The molecule has 6 heterocycles. The Bertz CT molecular complexity index is 3200. The van der Waals surface area contributed by atoms with E-state index in [1.54, 1.807) is 0 Å². The molecular formula is C46H26N4O2. The summed E-state index contributed by atoms with van der Waals surface area (Å²) in [4.78, 5) is 9.32. The van der Waals surface area contributed by atoms with Crippen LogP contribution in [0.3, 0.4) is 0 Å². The summed E-state index contributed by atoms with van der Waals surface area (Å²) in [5, 5.41) is 6.85.